The van der Waals surface area contributed by atoms with Crippen molar-refractivity contribution in [2.75, 3.05) is 17.2 Å². The molecule has 2 unspecified atom stereocenters. The van der Waals surface area contributed by atoms with Crippen molar-refractivity contribution in [1.29, 1.82) is 0 Å². The zero-order valence-electron chi connectivity index (χ0n) is 11.0. The van der Waals surface area contributed by atoms with Gasteiger partial charge < -0.3 is 10.6 Å². The normalized spacial score (nSPS) is 25.0. The maximum Gasteiger partial charge on any atom is 0.134 e. The maximum absolute atomic E-state index is 5.84. The van der Waals surface area contributed by atoms with E-state index in [1.807, 2.05) is 6.07 Å². The SMILES string of the molecule is CCc1nc(N)cc(N2CCCC(C)C2C)n1. The molecule has 0 radical (unpaired) electrons. The number of anilines is 2. The Kier molecular flexibility index (Phi) is 3.50. The van der Waals surface area contributed by atoms with E-state index in [1.165, 1.54) is 12.8 Å². The van der Waals surface area contributed by atoms with Crippen LogP contribution in [0.15, 0.2) is 6.07 Å². The smallest absolute Gasteiger partial charge is 0.134 e. The highest BCUT2D eigenvalue weighted by atomic mass is 15.2. The predicted molar refractivity (Wildman–Crippen MR) is 71.0 cm³/mol. The molecule has 17 heavy (non-hydrogen) atoms. The number of hydrogen-bond donors (Lipinski definition) is 1. The topological polar surface area (TPSA) is 55.0 Å². The number of rotatable bonds is 2. The van der Waals surface area contributed by atoms with Gasteiger partial charge in [0, 0.05) is 25.1 Å². The lowest BCUT2D eigenvalue weighted by atomic mass is 9.92. The molecule has 1 aromatic heterocycles. The molecule has 0 amide bonds. The first kappa shape index (κ1) is 12.1. The van der Waals surface area contributed by atoms with Gasteiger partial charge in [0.25, 0.3) is 0 Å². The Balaban J connectivity index is 2.29. The quantitative estimate of drug-likeness (QED) is 0.852. The van der Waals surface area contributed by atoms with E-state index in [1.54, 1.807) is 0 Å². The highest BCUT2D eigenvalue weighted by Gasteiger charge is 2.26. The van der Waals surface area contributed by atoms with Gasteiger partial charge in [-0.3, -0.25) is 0 Å². The van der Waals surface area contributed by atoms with Crippen molar-refractivity contribution in [2.45, 2.75) is 46.1 Å². The number of nitrogen functional groups attached to an aromatic ring is 1. The van der Waals surface area contributed by atoms with E-state index < -0.39 is 0 Å². The summed E-state index contributed by atoms with van der Waals surface area (Å²) in [6.45, 7) is 7.71. The second kappa shape index (κ2) is 4.90. The van der Waals surface area contributed by atoms with Gasteiger partial charge in [0.05, 0.1) is 0 Å². The van der Waals surface area contributed by atoms with Crippen LogP contribution in [-0.4, -0.2) is 22.6 Å². The summed E-state index contributed by atoms with van der Waals surface area (Å²) < 4.78 is 0. The number of nitrogens with zero attached hydrogens (tertiary/aromatic N) is 3. The molecule has 1 fully saturated rings. The fourth-order valence-electron chi connectivity index (χ4n) is 2.47. The zero-order valence-corrected chi connectivity index (χ0v) is 11.0. The summed E-state index contributed by atoms with van der Waals surface area (Å²) in [5, 5.41) is 0. The van der Waals surface area contributed by atoms with Gasteiger partial charge in [0.1, 0.15) is 17.5 Å². The lowest BCUT2D eigenvalue weighted by Gasteiger charge is -2.38. The predicted octanol–water partition coefficient (Wildman–Crippen LogP) is 2.25. The molecule has 4 heteroatoms. The van der Waals surface area contributed by atoms with Gasteiger partial charge in [-0.25, -0.2) is 9.97 Å². The Morgan fingerprint density at radius 1 is 1.41 bits per heavy atom. The number of aryl methyl sites for hydroxylation is 1. The highest BCUT2D eigenvalue weighted by molar-refractivity contribution is 5.48. The molecular weight excluding hydrogens is 212 g/mol. The molecule has 1 aliphatic rings. The standard InChI is InChI=1S/C13H22N4/c1-4-12-15-11(14)8-13(16-12)17-7-5-6-9(2)10(17)3/h8-10H,4-7H2,1-3H3,(H2,14,15,16). The number of nitrogens with two attached hydrogens (primary N) is 1. The van der Waals surface area contributed by atoms with Crippen molar-refractivity contribution in [3.05, 3.63) is 11.9 Å². The first-order valence-electron chi connectivity index (χ1n) is 6.52. The van der Waals surface area contributed by atoms with E-state index >= 15 is 0 Å². The van der Waals surface area contributed by atoms with Gasteiger partial charge in [-0.1, -0.05) is 13.8 Å². The van der Waals surface area contributed by atoms with E-state index in [9.17, 15) is 0 Å². The van der Waals surface area contributed by atoms with Crippen molar-refractivity contribution in [2.24, 2.45) is 5.92 Å². The Bertz CT molecular complexity index is 391. The van der Waals surface area contributed by atoms with E-state index in [0.29, 0.717) is 17.8 Å². The second-order valence-corrected chi connectivity index (χ2v) is 4.97. The summed E-state index contributed by atoms with van der Waals surface area (Å²) in [4.78, 5) is 11.2. The molecule has 2 rings (SSSR count). The number of piperidine rings is 1. The van der Waals surface area contributed by atoms with E-state index in [2.05, 4.69) is 35.6 Å². The Morgan fingerprint density at radius 3 is 2.88 bits per heavy atom. The molecule has 4 nitrogen and oxygen atoms in total. The third kappa shape index (κ3) is 2.51. The van der Waals surface area contributed by atoms with Gasteiger partial charge >= 0.3 is 0 Å². The summed E-state index contributed by atoms with van der Waals surface area (Å²) in [6.07, 6.45) is 3.37. The number of aromatic nitrogens is 2. The molecule has 0 bridgehead atoms. The van der Waals surface area contributed by atoms with Crippen LogP contribution in [0.3, 0.4) is 0 Å². The average molecular weight is 234 g/mol. The molecule has 2 atom stereocenters. The highest BCUT2D eigenvalue weighted by Crippen LogP contribution is 2.27. The first-order valence-corrected chi connectivity index (χ1v) is 6.52. The van der Waals surface area contributed by atoms with Crippen LogP contribution in [-0.2, 0) is 6.42 Å². The van der Waals surface area contributed by atoms with Crippen molar-refractivity contribution in [1.82, 2.24) is 9.97 Å². The van der Waals surface area contributed by atoms with Crippen LogP contribution < -0.4 is 10.6 Å². The van der Waals surface area contributed by atoms with Crippen LogP contribution in [0.25, 0.3) is 0 Å². The lowest BCUT2D eigenvalue weighted by Crippen LogP contribution is -2.43. The molecule has 0 aromatic carbocycles. The maximum atomic E-state index is 5.84. The summed E-state index contributed by atoms with van der Waals surface area (Å²) in [6, 6.07) is 2.43. The van der Waals surface area contributed by atoms with Crippen LogP contribution in [0.1, 0.15) is 39.4 Å². The molecule has 0 saturated carbocycles. The fraction of sp³-hybridized carbons (Fsp3) is 0.692. The van der Waals surface area contributed by atoms with Crippen LogP contribution in [0, 0.1) is 5.92 Å². The monoisotopic (exact) mass is 234 g/mol. The Labute approximate surface area is 103 Å². The largest absolute Gasteiger partial charge is 0.384 e. The minimum atomic E-state index is 0.530. The fourth-order valence-corrected chi connectivity index (χ4v) is 2.47. The molecule has 2 N–H and O–H groups in total. The average Bonchev–Trinajstić information content (AvgIpc) is 2.31. The number of hydrogen-bond acceptors (Lipinski definition) is 4. The van der Waals surface area contributed by atoms with Crippen LogP contribution in [0.4, 0.5) is 11.6 Å². The summed E-state index contributed by atoms with van der Waals surface area (Å²) in [5.41, 5.74) is 5.84. The molecule has 1 saturated heterocycles. The van der Waals surface area contributed by atoms with E-state index in [0.717, 1.165) is 24.6 Å². The molecular formula is C13H22N4. The van der Waals surface area contributed by atoms with Gasteiger partial charge in [0.2, 0.25) is 0 Å². The minimum absolute atomic E-state index is 0.530. The summed E-state index contributed by atoms with van der Waals surface area (Å²) >= 11 is 0. The third-order valence-corrected chi connectivity index (χ3v) is 3.76. The van der Waals surface area contributed by atoms with Gasteiger partial charge in [-0.2, -0.15) is 0 Å². The minimum Gasteiger partial charge on any atom is -0.384 e. The van der Waals surface area contributed by atoms with E-state index in [-0.39, 0.29) is 0 Å². The Hall–Kier alpha value is -1.32. The van der Waals surface area contributed by atoms with Crippen molar-refractivity contribution in [3.63, 3.8) is 0 Å². The van der Waals surface area contributed by atoms with Gasteiger partial charge in [-0.15, -0.1) is 0 Å². The van der Waals surface area contributed by atoms with Gasteiger partial charge in [-0.05, 0) is 25.7 Å². The summed E-state index contributed by atoms with van der Waals surface area (Å²) in [7, 11) is 0. The zero-order chi connectivity index (χ0) is 12.4. The van der Waals surface area contributed by atoms with Crippen molar-refractivity contribution >= 4 is 11.6 Å². The van der Waals surface area contributed by atoms with Crippen LogP contribution >= 0.6 is 0 Å². The molecule has 0 spiro atoms. The molecule has 1 aromatic rings. The Morgan fingerprint density at radius 2 is 2.18 bits per heavy atom. The second-order valence-electron chi connectivity index (χ2n) is 4.97. The van der Waals surface area contributed by atoms with Gasteiger partial charge in [0.15, 0.2) is 0 Å². The van der Waals surface area contributed by atoms with Crippen LogP contribution in [0.5, 0.6) is 0 Å². The first-order chi connectivity index (χ1) is 8.11. The molecule has 94 valence electrons. The third-order valence-electron chi connectivity index (χ3n) is 3.76. The van der Waals surface area contributed by atoms with Crippen molar-refractivity contribution < 1.29 is 0 Å². The lowest BCUT2D eigenvalue weighted by molar-refractivity contribution is 0.361. The van der Waals surface area contributed by atoms with Crippen LogP contribution in [0.2, 0.25) is 0 Å². The molecule has 1 aliphatic heterocycles. The summed E-state index contributed by atoms with van der Waals surface area (Å²) in [5.74, 6) is 3.13. The molecule has 0 aliphatic carbocycles. The van der Waals surface area contributed by atoms with E-state index in [4.69, 9.17) is 5.73 Å². The van der Waals surface area contributed by atoms with Crippen molar-refractivity contribution in [3.8, 4) is 0 Å². The molecule has 2 heterocycles.